The fraction of sp³-hybridized carbons (Fsp3) is 0. The number of rotatable bonds is 1. The molecule has 1 radical (unpaired) electrons. The van der Waals surface area contributed by atoms with Crippen LogP contribution in [0.15, 0.2) is 28.9 Å². The van der Waals surface area contributed by atoms with E-state index in [4.69, 9.17) is 9.52 Å². The van der Waals surface area contributed by atoms with Gasteiger partial charge in [0.05, 0.1) is 11.8 Å². The Kier molecular flexibility index (Phi) is 1.37. The Morgan fingerprint density at radius 3 is 3.08 bits per heavy atom. The van der Waals surface area contributed by atoms with E-state index < -0.39 is 5.97 Å². The van der Waals surface area contributed by atoms with Crippen molar-refractivity contribution in [2.75, 3.05) is 0 Å². The van der Waals surface area contributed by atoms with Crippen LogP contribution in [0.3, 0.4) is 0 Å². The molecule has 0 spiro atoms. The highest BCUT2D eigenvalue weighted by Gasteiger charge is 2.08. The number of hydrogen-bond donors (Lipinski definition) is 1. The Balaban J connectivity index is 2.82. The maximum atomic E-state index is 10.7. The summed E-state index contributed by atoms with van der Waals surface area (Å²) in [6.45, 7) is 0. The first kappa shape index (κ1) is 6.91. The molecule has 59 valence electrons. The van der Waals surface area contributed by atoms with Crippen molar-refractivity contribution in [1.29, 1.82) is 0 Å². The molecule has 3 heteroatoms. The van der Waals surface area contributed by atoms with E-state index in [9.17, 15) is 4.79 Å². The molecule has 0 aliphatic rings. The average Bonchev–Trinajstić information content (AvgIpc) is 2.49. The number of aromatic carboxylic acids is 1. The van der Waals surface area contributed by atoms with Crippen LogP contribution < -0.4 is 0 Å². The van der Waals surface area contributed by atoms with Gasteiger partial charge in [0, 0.05) is 11.5 Å². The number of fused-ring (bicyclic) bond motifs is 1. The maximum absolute atomic E-state index is 10.7. The van der Waals surface area contributed by atoms with Gasteiger partial charge in [-0.2, -0.15) is 0 Å². The molecule has 0 atom stereocenters. The van der Waals surface area contributed by atoms with Gasteiger partial charge in [-0.1, -0.05) is 6.07 Å². The van der Waals surface area contributed by atoms with Gasteiger partial charge in [0.2, 0.25) is 0 Å². The Bertz CT molecular complexity index is 428. The third-order valence-corrected chi connectivity index (χ3v) is 1.65. The highest BCUT2D eigenvalue weighted by Crippen LogP contribution is 2.18. The molecule has 1 heterocycles. The molecule has 12 heavy (non-hydrogen) atoms. The summed E-state index contributed by atoms with van der Waals surface area (Å²) in [6, 6.07) is 7.60. The van der Waals surface area contributed by atoms with Crippen molar-refractivity contribution in [3.05, 3.63) is 36.1 Å². The van der Waals surface area contributed by atoms with Gasteiger partial charge >= 0.3 is 5.97 Å². The highest BCUT2D eigenvalue weighted by atomic mass is 16.4. The van der Waals surface area contributed by atoms with Crippen LogP contribution >= 0.6 is 0 Å². The maximum Gasteiger partial charge on any atom is 0.336 e. The molecule has 1 aromatic heterocycles. The monoisotopic (exact) mass is 161 g/mol. The molecule has 0 saturated carbocycles. The molecule has 1 N–H and O–H groups in total. The van der Waals surface area contributed by atoms with Gasteiger partial charge in [-0.25, -0.2) is 4.79 Å². The van der Waals surface area contributed by atoms with Crippen molar-refractivity contribution in [2.24, 2.45) is 0 Å². The lowest BCUT2D eigenvalue weighted by Gasteiger charge is -1.93. The summed E-state index contributed by atoms with van der Waals surface area (Å²) in [4.78, 5) is 10.7. The lowest BCUT2D eigenvalue weighted by atomic mass is 10.1. The third-order valence-electron chi connectivity index (χ3n) is 1.65. The topological polar surface area (TPSA) is 50.4 Å². The minimum Gasteiger partial charge on any atom is -0.478 e. The largest absolute Gasteiger partial charge is 0.478 e. The summed E-state index contributed by atoms with van der Waals surface area (Å²) in [5, 5.41) is 9.26. The van der Waals surface area contributed by atoms with Gasteiger partial charge < -0.3 is 9.52 Å². The van der Waals surface area contributed by atoms with E-state index in [1.807, 2.05) is 0 Å². The summed E-state index contributed by atoms with van der Waals surface area (Å²) < 4.78 is 4.99. The molecule has 2 aromatic rings. The number of benzene rings is 1. The van der Waals surface area contributed by atoms with Crippen LogP contribution in [0, 0.1) is 6.07 Å². The van der Waals surface area contributed by atoms with E-state index in [0.717, 1.165) is 0 Å². The Hall–Kier alpha value is -1.77. The summed E-state index contributed by atoms with van der Waals surface area (Å²) in [6.07, 6.45) is 1.36. The molecule has 0 unspecified atom stereocenters. The molecule has 0 saturated heterocycles. The van der Waals surface area contributed by atoms with E-state index in [0.29, 0.717) is 11.0 Å². The van der Waals surface area contributed by atoms with Crippen molar-refractivity contribution in [2.45, 2.75) is 0 Å². The fourth-order valence-electron chi connectivity index (χ4n) is 1.11. The van der Waals surface area contributed by atoms with E-state index in [-0.39, 0.29) is 5.56 Å². The molecular weight excluding hydrogens is 156 g/mol. The van der Waals surface area contributed by atoms with Crippen LogP contribution in [0.25, 0.3) is 11.0 Å². The number of furan rings is 1. The number of carboxylic acids is 1. The van der Waals surface area contributed by atoms with Crippen LogP contribution in [-0.2, 0) is 0 Å². The summed E-state index contributed by atoms with van der Waals surface area (Å²) in [5.74, 6) is -0.960. The van der Waals surface area contributed by atoms with Crippen LogP contribution in [-0.4, -0.2) is 11.1 Å². The smallest absolute Gasteiger partial charge is 0.336 e. The van der Waals surface area contributed by atoms with E-state index in [1.165, 1.54) is 12.3 Å². The van der Waals surface area contributed by atoms with Crippen LogP contribution in [0.4, 0.5) is 0 Å². The van der Waals surface area contributed by atoms with Gasteiger partial charge in [-0.3, -0.25) is 0 Å². The predicted molar refractivity (Wildman–Crippen MR) is 42.0 cm³/mol. The Morgan fingerprint density at radius 2 is 2.33 bits per heavy atom. The number of carboxylic acid groups (broad SMARTS) is 1. The summed E-state index contributed by atoms with van der Waals surface area (Å²) in [5.41, 5.74) is 0.774. The van der Waals surface area contributed by atoms with Crippen molar-refractivity contribution in [3.63, 3.8) is 0 Å². The third kappa shape index (κ3) is 0.871. The van der Waals surface area contributed by atoms with Gasteiger partial charge in [-0.15, -0.1) is 0 Å². The zero-order chi connectivity index (χ0) is 8.55. The fourth-order valence-corrected chi connectivity index (χ4v) is 1.11. The first-order valence-electron chi connectivity index (χ1n) is 3.40. The zero-order valence-corrected chi connectivity index (χ0v) is 6.07. The van der Waals surface area contributed by atoms with Crippen LogP contribution in [0.2, 0.25) is 0 Å². The van der Waals surface area contributed by atoms with Gasteiger partial charge in [0.1, 0.15) is 5.58 Å². The second-order valence-corrected chi connectivity index (χ2v) is 2.36. The van der Waals surface area contributed by atoms with Crippen molar-refractivity contribution >= 4 is 16.9 Å². The minimum absolute atomic E-state index is 0.223. The van der Waals surface area contributed by atoms with Crippen LogP contribution in [0.5, 0.6) is 0 Å². The Labute approximate surface area is 68.2 Å². The van der Waals surface area contributed by atoms with Gasteiger partial charge in [0.25, 0.3) is 0 Å². The molecule has 0 bridgehead atoms. The first-order valence-corrected chi connectivity index (χ1v) is 3.40. The predicted octanol–water partition coefficient (Wildman–Crippen LogP) is 1.93. The van der Waals surface area contributed by atoms with E-state index in [2.05, 4.69) is 6.07 Å². The first-order chi connectivity index (χ1) is 5.79. The van der Waals surface area contributed by atoms with Gasteiger partial charge in [-0.05, 0) is 12.1 Å². The lowest BCUT2D eigenvalue weighted by Crippen LogP contribution is -1.95. The zero-order valence-electron chi connectivity index (χ0n) is 6.07. The minimum atomic E-state index is -0.960. The second-order valence-electron chi connectivity index (χ2n) is 2.36. The molecular formula is C9H5O3. The molecule has 0 aliphatic heterocycles. The summed E-state index contributed by atoms with van der Waals surface area (Å²) >= 11 is 0. The molecule has 1 aromatic carbocycles. The Morgan fingerprint density at radius 1 is 1.50 bits per heavy atom. The number of hydrogen-bond acceptors (Lipinski definition) is 2. The molecule has 0 fully saturated rings. The number of carbonyl (C=O) groups is 1. The highest BCUT2D eigenvalue weighted by molar-refractivity contribution is 6.01. The van der Waals surface area contributed by atoms with E-state index >= 15 is 0 Å². The molecule has 0 amide bonds. The normalized spacial score (nSPS) is 10.3. The van der Waals surface area contributed by atoms with Crippen molar-refractivity contribution < 1.29 is 14.3 Å². The average molecular weight is 161 g/mol. The van der Waals surface area contributed by atoms with Gasteiger partial charge in [0.15, 0.2) is 0 Å². The second kappa shape index (κ2) is 2.37. The summed E-state index contributed by atoms with van der Waals surface area (Å²) in [7, 11) is 0. The SMILES string of the molecule is O=C(O)c1cccc2oc[c]c12. The molecule has 0 aliphatic carbocycles. The van der Waals surface area contributed by atoms with Crippen molar-refractivity contribution in [1.82, 2.24) is 0 Å². The standard InChI is InChI=1S/C9H5O3/c10-9(11)7-2-1-3-8-6(7)4-5-12-8/h1-3,5H,(H,10,11). The quantitative estimate of drug-likeness (QED) is 0.695. The molecule has 2 rings (SSSR count). The van der Waals surface area contributed by atoms with E-state index in [1.54, 1.807) is 12.1 Å². The van der Waals surface area contributed by atoms with Crippen LogP contribution in [0.1, 0.15) is 10.4 Å². The molecule has 3 nitrogen and oxygen atoms in total. The van der Waals surface area contributed by atoms with Crippen molar-refractivity contribution in [3.8, 4) is 0 Å². The lowest BCUT2D eigenvalue weighted by molar-refractivity contribution is 0.0699.